The molecule has 0 aliphatic rings. The van der Waals surface area contributed by atoms with Crippen LogP contribution >= 0.6 is 11.8 Å². The number of carboxylic acid groups (broad SMARTS) is 1. The molecule has 2 aromatic carbocycles. The van der Waals surface area contributed by atoms with Crippen molar-refractivity contribution >= 4 is 23.5 Å². The van der Waals surface area contributed by atoms with Gasteiger partial charge in [0, 0.05) is 21.8 Å². The van der Waals surface area contributed by atoms with Crippen LogP contribution in [0.25, 0.3) is 0 Å². The highest BCUT2D eigenvalue weighted by atomic mass is 32.2. The van der Waals surface area contributed by atoms with Gasteiger partial charge in [0.2, 0.25) is 0 Å². The Hall–Kier alpha value is -2.07. The van der Waals surface area contributed by atoms with E-state index in [0.717, 1.165) is 9.79 Å². The van der Waals surface area contributed by atoms with Crippen molar-refractivity contribution in [2.45, 2.75) is 23.1 Å². The molecule has 3 nitrogen and oxygen atoms in total. The van der Waals surface area contributed by atoms with Crippen LogP contribution in [0.2, 0.25) is 0 Å². The summed E-state index contributed by atoms with van der Waals surface area (Å²) in [6.45, 7) is 1.84. The summed E-state index contributed by atoms with van der Waals surface area (Å²) in [4.78, 5) is 24.3. The maximum atomic E-state index is 11.5. The summed E-state index contributed by atoms with van der Waals surface area (Å²) in [5, 5.41) is 8.95. The Morgan fingerprint density at radius 1 is 1.00 bits per heavy atom. The average molecular weight is 286 g/mol. The van der Waals surface area contributed by atoms with E-state index in [2.05, 4.69) is 0 Å². The van der Waals surface area contributed by atoms with Crippen LogP contribution < -0.4 is 0 Å². The predicted molar refractivity (Wildman–Crippen MR) is 78.6 cm³/mol. The van der Waals surface area contributed by atoms with Crippen LogP contribution in [-0.4, -0.2) is 16.9 Å². The van der Waals surface area contributed by atoms with Crippen LogP contribution in [0.4, 0.5) is 0 Å². The van der Waals surface area contributed by atoms with Crippen molar-refractivity contribution in [3.8, 4) is 0 Å². The molecule has 0 unspecified atom stereocenters. The van der Waals surface area contributed by atoms with Gasteiger partial charge in [-0.25, -0.2) is 4.79 Å². The molecule has 0 heterocycles. The van der Waals surface area contributed by atoms with Crippen LogP contribution in [-0.2, 0) is 0 Å². The molecule has 0 aliphatic heterocycles. The van der Waals surface area contributed by atoms with E-state index in [9.17, 15) is 9.59 Å². The Labute approximate surface area is 121 Å². The first-order chi connectivity index (χ1) is 9.60. The third-order valence-electron chi connectivity index (χ3n) is 2.81. The fourth-order valence-corrected chi connectivity index (χ4v) is 2.62. The van der Waals surface area contributed by atoms with Crippen molar-refractivity contribution in [3.05, 3.63) is 59.7 Å². The van der Waals surface area contributed by atoms with Crippen molar-refractivity contribution < 1.29 is 14.7 Å². The van der Waals surface area contributed by atoms with Crippen molar-refractivity contribution in [1.82, 2.24) is 0 Å². The first-order valence-electron chi connectivity index (χ1n) is 6.24. The number of benzene rings is 2. The molecule has 0 bridgehead atoms. The van der Waals surface area contributed by atoms with Gasteiger partial charge in [0.05, 0.1) is 5.56 Å². The normalized spacial score (nSPS) is 10.2. The molecule has 0 radical (unpaired) electrons. The highest BCUT2D eigenvalue weighted by molar-refractivity contribution is 7.99. The van der Waals surface area contributed by atoms with Crippen LogP contribution in [0.5, 0.6) is 0 Å². The lowest BCUT2D eigenvalue weighted by Crippen LogP contribution is -1.96. The largest absolute Gasteiger partial charge is 0.478 e. The van der Waals surface area contributed by atoms with Gasteiger partial charge in [0.15, 0.2) is 5.78 Å². The Bertz CT molecular complexity index is 632. The minimum atomic E-state index is -0.934. The molecule has 0 atom stereocenters. The van der Waals surface area contributed by atoms with Crippen molar-refractivity contribution in [2.24, 2.45) is 0 Å². The third kappa shape index (κ3) is 3.48. The first kappa shape index (κ1) is 14.3. The summed E-state index contributed by atoms with van der Waals surface area (Å²) < 4.78 is 0. The second-order valence-corrected chi connectivity index (χ2v) is 5.38. The number of Topliss-reactive ketones (excluding diaryl/α,β-unsaturated/α-hetero) is 1. The van der Waals surface area contributed by atoms with E-state index < -0.39 is 5.97 Å². The second-order valence-electron chi connectivity index (χ2n) is 4.24. The minimum Gasteiger partial charge on any atom is -0.478 e. The molecule has 0 aromatic heterocycles. The van der Waals surface area contributed by atoms with Gasteiger partial charge in [-0.15, -0.1) is 0 Å². The maximum Gasteiger partial charge on any atom is 0.335 e. The zero-order chi connectivity index (χ0) is 14.5. The fourth-order valence-electron chi connectivity index (χ4n) is 1.74. The monoisotopic (exact) mass is 286 g/mol. The minimum absolute atomic E-state index is 0.120. The molecule has 2 aromatic rings. The third-order valence-corrected chi connectivity index (χ3v) is 3.81. The Kier molecular flexibility index (Phi) is 4.58. The highest BCUT2D eigenvalue weighted by Crippen LogP contribution is 2.28. The van der Waals surface area contributed by atoms with Gasteiger partial charge in [0.1, 0.15) is 0 Å². The van der Waals surface area contributed by atoms with Crippen LogP contribution in [0.15, 0.2) is 58.3 Å². The molecule has 102 valence electrons. The molecule has 0 spiro atoms. The van der Waals surface area contributed by atoms with Gasteiger partial charge in [-0.2, -0.15) is 0 Å². The van der Waals surface area contributed by atoms with E-state index in [1.54, 1.807) is 30.3 Å². The Morgan fingerprint density at radius 2 is 1.70 bits per heavy atom. The zero-order valence-electron chi connectivity index (χ0n) is 11.0. The SMILES string of the molecule is CCC(=O)c1ccc(Sc2cccc(C(=O)O)c2)cc1. The highest BCUT2D eigenvalue weighted by Gasteiger charge is 2.06. The van der Waals surface area contributed by atoms with Gasteiger partial charge in [-0.1, -0.05) is 36.9 Å². The van der Waals surface area contributed by atoms with E-state index in [4.69, 9.17) is 5.11 Å². The molecular weight excluding hydrogens is 272 g/mol. The number of carboxylic acids is 1. The Morgan fingerprint density at radius 3 is 2.30 bits per heavy atom. The molecule has 0 amide bonds. The lowest BCUT2D eigenvalue weighted by Gasteiger charge is -2.04. The first-order valence-corrected chi connectivity index (χ1v) is 7.06. The van der Waals surface area contributed by atoms with Gasteiger partial charge in [-0.3, -0.25) is 4.79 Å². The second kappa shape index (κ2) is 6.39. The zero-order valence-corrected chi connectivity index (χ0v) is 11.8. The average Bonchev–Trinajstić information content (AvgIpc) is 2.47. The topological polar surface area (TPSA) is 54.4 Å². The van der Waals surface area contributed by atoms with Gasteiger partial charge >= 0.3 is 5.97 Å². The Balaban J connectivity index is 2.16. The van der Waals surface area contributed by atoms with Gasteiger partial charge < -0.3 is 5.11 Å². The smallest absolute Gasteiger partial charge is 0.335 e. The summed E-state index contributed by atoms with van der Waals surface area (Å²) in [5.74, 6) is -0.814. The summed E-state index contributed by atoms with van der Waals surface area (Å²) in [7, 11) is 0. The van der Waals surface area contributed by atoms with Crippen molar-refractivity contribution in [1.29, 1.82) is 0 Å². The van der Waals surface area contributed by atoms with E-state index in [-0.39, 0.29) is 11.3 Å². The molecule has 2 rings (SSSR count). The van der Waals surface area contributed by atoms with Gasteiger partial charge in [-0.05, 0) is 30.3 Å². The number of carbonyl (C=O) groups is 2. The molecule has 1 N–H and O–H groups in total. The summed E-state index contributed by atoms with van der Waals surface area (Å²) in [6.07, 6.45) is 0.493. The van der Waals surface area contributed by atoms with Crippen molar-refractivity contribution in [2.75, 3.05) is 0 Å². The van der Waals surface area contributed by atoms with Crippen LogP contribution in [0.3, 0.4) is 0 Å². The number of hydrogen-bond acceptors (Lipinski definition) is 3. The lowest BCUT2D eigenvalue weighted by atomic mass is 10.1. The van der Waals surface area contributed by atoms with E-state index in [1.807, 2.05) is 25.1 Å². The summed E-state index contributed by atoms with van der Waals surface area (Å²) in [5.41, 5.74) is 0.976. The number of carbonyl (C=O) groups excluding carboxylic acids is 1. The van der Waals surface area contributed by atoms with E-state index in [0.29, 0.717) is 12.0 Å². The number of rotatable bonds is 5. The van der Waals surface area contributed by atoms with Crippen molar-refractivity contribution in [3.63, 3.8) is 0 Å². The quantitative estimate of drug-likeness (QED) is 0.840. The predicted octanol–water partition coefficient (Wildman–Crippen LogP) is 4.13. The number of aromatic carboxylic acids is 1. The number of hydrogen-bond donors (Lipinski definition) is 1. The fraction of sp³-hybridized carbons (Fsp3) is 0.125. The van der Waals surface area contributed by atoms with Crippen LogP contribution in [0.1, 0.15) is 34.1 Å². The van der Waals surface area contributed by atoms with E-state index >= 15 is 0 Å². The molecule has 0 saturated carbocycles. The summed E-state index contributed by atoms with van der Waals surface area (Å²) in [6, 6.07) is 14.1. The number of ketones is 1. The molecule has 0 fully saturated rings. The lowest BCUT2D eigenvalue weighted by molar-refractivity contribution is 0.0696. The maximum absolute atomic E-state index is 11.5. The standard InChI is InChI=1S/C16H14O3S/c1-2-15(17)11-6-8-13(9-7-11)20-14-5-3-4-12(10-14)16(18)19/h3-10H,2H2,1H3,(H,18,19). The molecule has 20 heavy (non-hydrogen) atoms. The molecule has 0 aliphatic carbocycles. The molecular formula is C16H14O3S. The van der Waals surface area contributed by atoms with E-state index in [1.165, 1.54) is 11.8 Å². The molecule has 0 saturated heterocycles. The van der Waals surface area contributed by atoms with Gasteiger partial charge in [0.25, 0.3) is 0 Å². The summed E-state index contributed by atoms with van der Waals surface area (Å²) >= 11 is 1.47. The molecule has 4 heteroatoms. The van der Waals surface area contributed by atoms with Crippen LogP contribution in [0, 0.1) is 0 Å².